The van der Waals surface area contributed by atoms with Gasteiger partial charge in [-0.3, -0.25) is 9.48 Å². The molecular formula is C13H21N3O2S. The molecule has 1 aromatic rings. The average Bonchev–Trinajstić information content (AvgIpc) is 2.83. The highest BCUT2D eigenvalue weighted by Crippen LogP contribution is 2.28. The molecule has 1 saturated heterocycles. The first kappa shape index (κ1) is 14.4. The van der Waals surface area contributed by atoms with Crippen LogP contribution in [0.5, 0.6) is 0 Å². The van der Waals surface area contributed by atoms with Gasteiger partial charge in [0.25, 0.3) is 0 Å². The Kier molecular flexibility index (Phi) is 4.87. The topological polar surface area (TPSA) is 58.4 Å². The maximum atomic E-state index is 12.4. The van der Waals surface area contributed by atoms with Crippen molar-refractivity contribution in [2.45, 2.75) is 25.0 Å². The van der Waals surface area contributed by atoms with Crippen LogP contribution in [0.4, 0.5) is 5.69 Å². The lowest BCUT2D eigenvalue weighted by Crippen LogP contribution is -2.43. The molecule has 1 aliphatic rings. The van der Waals surface area contributed by atoms with Crippen molar-refractivity contribution in [3.63, 3.8) is 0 Å². The van der Waals surface area contributed by atoms with Gasteiger partial charge < -0.3 is 10.0 Å². The molecule has 1 fully saturated rings. The second-order valence-corrected chi connectivity index (χ2v) is 6.35. The fourth-order valence-corrected chi connectivity index (χ4v) is 3.40. The number of aliphatic hydroxyl groups excluding tert-OH is 1. The number of anilines is 1. The van der Waals surface area contributed by atoms with Crippen LogP contribution in [0.3, 0.4) is 0 Å². The lowest BCUT2D eigenvalue weighted by atomic mass is 10.1. The minimum atomic E-state index is 0.0166. The Morgan fingerprint density at radius 1 is 1.63 bits per heavy atom. The van der Waals surface area contributed by atoms with Crippen molar-refractivity contribution in [2.24, 2.45) is 13.0 Å². The van der Waals surface area contributed by atoms with Gasteiger partial charge in [0.1, 0.15) is 0 Å². The summed E-state index contributed by atoms with van der Waals surface area (Å²) in [5.41, 5.74) is 0.882. The normalized spacial score (nSPS) is 21.7. The highest BCUT2D eigenvalue weighted by Gasteiger charge is 2.30. The fraction of sp³-hybridized carbons (Fsp3) is 0.692. The zero-order chi connectivity index (χ0) is 13.8. The van der Waals surface area contributed by atoms with Crippen LogP contribution in [0, 0.1) is 5.92 Å². The standard InChI is InChI=1S/C13H21N3O2S/c1-10(8-17)9-19-12-4-3-5-16(13(12)18)11-6-14-15(2)7-11/h6-7,10,12,17H,3-5,8-9H2,1-2H3/t10-,12-/m1/s1. The number of piperidine rings is 1. The van der Waals surface area contributed by atoms with Crippen molar-refractivity contribution in [1.29, 1.82) is 0 Å². The molecule has 1 amide bonds. The summed E-state index contributed by atoms with van der Waals surface area (Å²) in [6, 6.07) is 0. The van der Waals surface area contributed by atoms with Crippen molar-refractivity contribution in [3.8, 4) is 0 Å². The molecular weight excluding hydrogens is 262 g/mol. The van der Waals surface area contributed by atoms with Crippen LogP contribution in [0.2, 0.25) is 0 Å². The zero-order valence-electron chi connectivity index (χ0n) is 11.5. The summed E-state index contributed by atoms with van der Waals surface area (Å²) in [5.74, 6) is 1.24. The van der Waals surface area contributed by atoms with Crippen LogP contribution in [0.1, 0.15) is 19.8 Å². The number of hydrogen-bond acceptors (Lipinski definition) is 4. The van der Waals surface area contributed by atoms with E-state index in [-0.39, 0.29) is 23.7 Å². The first-order valence-corrected chi connectivity index (χ1v) is 7.69. The molecule has 0 radical (unpaired) electrons. The Bertz CT molecular complexity index is 435. The number of rotatable bonds is 5. The predicted molar refractivity (Wildman–Crippen MR) is 77.3 cm³/mol. The first-order valence-electron chi connectivity index (χ1n) is 6.64. The molecule has 2 rings (SSSR count). The highest BCUT2D eigenvalue weighted by atomic mass is 32.2. The van der Waals surface area contributed by atoms with E-state index in [2.05, 4.69) is 5.10 Å². The third-order valence-corrected chi connectivity index (χ3v) is 4.89. The number of nitrogens with zero attached hydrogens (tertiary/aromatic N) is 3. The van der Waals surface area contributed by atoms with E-state index in [9.17, 15) is 4.79 Å². The summed E-state index contributed by atoms with van der Waals surface area (Å²) in [7, 11) is 1.85. The second kappa shape index (κ2) is 6.43. The van der Waals surface area contributed by atoms with Gasteiger partial charge in [0.05, 0.1) is 17.1 Å². The number of aromatic nitrogens is 2. The van der Waals surface area contributed by atoms with Crippen LogP contribution in [-0.4, -0.2) is 44.9 Å². The summed E-state index contributed by atoms with van der Waals surface area (Å²) >= 11 is 1.66. The van der Waals surface area contributed by atoms with Crippen LogP contribution in [0.15, 0.2) is 12.4 Å². The predicted octanol–water partition coefficient (Wildman–Crippen LogP) is 1.28. The number of carbonyl (C=O) groups is 1. The lowest BCUT2D eigenvalue weighted by molar-refractivity contribution is -0.119. The van der Waals surface area contributed by atoms with Gasteiger partial charge in [0, 0.05) is 26.4 Å². The van der Waals surface area contributed by atoms with Crippen LogP contribution in [-0.2, 0) is 11.8 Å². The van der Waals surface area contributed by atoms with Crippen molar-refractivity contribution in [2.75, 3.05) is 23.8 Å². The maximum absolute atomic E-state index is 12.4. The monoisotopic (exact) mass is 283 g/mol. The minimum absolute atomic E-state index is 0.0166. The molecule has 6 heteroatoms. The van der Waals surface area contributed by atoms with Crippen molar-refractivity contribution in [1.82, 2.24) is 9.78 Å². The third-order valence-electron chi connectivity index (χ3n) is 3.29. The molecule has 2 heterocycles. The fourth-order valence-electron chi connectivity index (χ4n) is 2.13. The molecule has 0 aliphatic carbocycles. The lowest BCUT2D eigenvalue weighted by Gasteiger charge is -2.31. The van der Waals surface area contributed by atoms with Gasteiger partial charge in [-0.1, -0.05) is 6.92 Å². The Hall–Kier alpha value is -1.01. The van der Waals surface area contributed by atoms with E-state index in [1.807, 2.05) is 25.1 Å². The SMILES string of the molecule is C[C@H](CO)CS[C@@H]1CCCN(c2cnn(C)c2)C1=O. The van der Waals surface area contributed by atoms with E-state index >= 15 is 0 Å². The molecule has 0 spiro atoms. The first-order chi connectivity index (χ1) is 9.11. The summed E-state index contributed by atoms with van der Waals surface area (Å²) in [4.78, 5) is 14.3. The minimum Gasteiger partial charge on any atom is -0.396 e. The largest absolute Gasteiger partial charge is 0.396 e. The summed E-state index contributed by atoms with van der Waals surface area (Å²) in [5, 5.41) is 13.2. The molecule has 106 valence electrons. The van der Waals surface area contributed by atoms with Gasteiger partial charge in [0.15, 0.2) is 0 Å². The van der Waals surface area contributed by atoms with E-state index < -0.39 is 0 Å². The molecule has 0 bridgehead atoms. The summed E-state index contributed by atoms with van der Waals surface area (Å²) < 4.78 is 1.72. The molecule has 0 unspecified atom stereocenters. The van der Waals surface area contributed by atoms with Gasteiger partial charge in [-0.05, 0) is 24.5 Å². The van der Waals surface area contributed by atoms with Gasteiger partial charge >= 0.3 is 0 Å². The Morgan fingerprint density at radius 2 is 2.42 bits per heavy atom. The molecule has 1 N–H and O–H groups in total. The number of carbonyl (C=O) groups excluding carboxylic acids is 1. The number of aryl methyl sites for hydroxylation is 1. The molecule has 1 aliphatic heterocycles. The van der Waals surface area contributed by atoms with E-state index in [4.69, 9.17) is 5.11 Å². The molecule has 2 atom stereocenters. The summed E-state index contributed by atoms with van der Waals surface area (Å²) in [6.45, 7) is 2.95. The molecule has 0 aromatic carbocycles. The van der Waals surface area contributed by atoms with Gasteiger partial charge in [-0.15, -0.1) is 11.8 Å². The molecule has 19 heavy (non-hydrogen) atoms. The van der Waals surface area contributed by atoms with E-state index in [0.29, 0.717) is 0 Å². The van der Waals surface area contributed by atoms with Crippen LogP contribution in [0.25, 0.3) is 0 Å². The summed E-state index contributed by atoms with van der Waals surface area (Å²) in [6.07, 6.45) is 5.56. The number of hydrogen-bond donors (Lipinski definition) is 1. The zero-order valence-corrected chi connectivity index (χ0v) is 12.3. The number of aliphatic hydroxyl groups is 1. The van der Waals surface area contributed by atoms with Gasteiger partial charge in [0.2, 0.25) is 5.91 Å². The van der Waals surface area contributed by atoms with Gasteiger partial charge in [-0.25, -0.2) is 0 Å². The Balaban J connectivity index is 1.98. The van der Waals surface area contributed by atoms with Crippen molar-refractivity contribution in [3.05, 3.63) is 12.4 Å². The van der Waals surface area contributed by atoms with Crippen molar-refractivity contribution >= 4 is 23.4 Å². The Morgan fingerprint density at radius 3 is 3.05 bits per heavy atom. The molecule has 1 aromatic heterocycles. The Labute approximate surface area is 118 Å². The average molecular weight is 283 g/mol. The number of thioether (sulfide) groups is 1. The van der Waals surface area contributed by atoms with E-state index in [0.717, 1.165) is 30.8 Å². The highest BCUT2D eigenvalue weighted by molar-refractivity contribution is 8.00. The maximum Gasteiger partial charge on any atom is 0.240 e. The van der Waals surface area contributed by atoms with Crippen molar-refractivity contribution < 1.29 is 9.90 Å². The van der Waals surface area contributed by atoms with Crippen LogP contribution >= 0.6 is 11.8 Å². The smallest absolute Gasteiger partial charge is 0.240 e. The number of amides is 1. The third kappa shape index (κ3) is 3.51. The van der Waals surface area contributed by atoms with Crippen LogP contribution < -0.4 is 4.90 Å². The van der Waals surface area contributed by atoms with Gasteiger partial charge in [-0.2, -0.15) is 5.10 Å². The second-order valence-electron chi connectivity index (χ2n) is 5.11. The van der Waals surface area contributed by atoms with E-state index in [1.54, 1.807) is 22.6 Å². The van der Waals surface area contributed by atoms with E-state index in [1.165, 1.54) is 0 Å². The molecule has 0 saturated carbocycles. The quantitative estimate of drug-likeness (QED) is 0.884. The molecule has 5 nitrogen and oxygen atoms in total.